The number of nitrogens with zero attached hydrogens (tertiary/aromatic N) is 1. The Morgan fingerprint density at radius 2 is 2.03 bits per heavy atom. The van der Waals surface area contributed by atoms with Crippen LogP contribution in [0.1, 0.15) is 41.9 Å². The largest absolute Gasteiger partial charge is 0.497 e. The molecule has 0 aliphatic carbocycles. The van der Waals surface area contributed by atoms with Gasteiger partial charge in [-0.2, -0.15) is 0 Å². The monoisotopic (exact) mass is 441 g/mol. The molecule has 1 aliphatic heterocycles. The Balaban J connectivity index is 1.59. The van der Waals surface area contributed by atoms with Crippen molar-refractivity contribution in [1.29, 1.82) is 0 Å². The highest BCUT2D eigenvalue weighted by atomic mass is 19.1. The van der Waals surface area contributed by atoms with Gasteiger partial charge in [0.05, 0.1) is 19.6 Å². The van der Waals surface area contributed by atoms with Gasteiger partial charge in [0.15, 0.2) is 0 Å². The third kappa shape index (κ3) is 4.40. The van der Waals surface area contributed by atoms with Crippen LogP contribution in [-0.4, -0.2) is 28.3 Å². The standard InChI is InChI=1S/C24H21F2NO5/c1-31-16-5-6-18(25)17(10-16)15-8-19(26)24(27-12-15)21-7-4-13-2-3-14(9-22(13)32-21)20(28)11-23(29)30/h2-3,5-6,8-10,12,20-21,28H,4,7,11H2,1H3,(H,29,30)/t20-,21?/m1/s1. The van der Waals surface area contributed by atoms with Crippen LogP contribution in [0.3, 0.4) is 0 Å². The quantitative estimate of drug-likeness (QED) is 0.581. The number of aliphatic hydroxyl groups is 1. The summed E-state index contributed by atoms with van der Waals surface area (Å²) in [6, 6.07) is 10.4. The summed E-state index contributed by atoms with van der Waals surface area (Å²) < 4.78 is 40.3. The normalized spacial score (nSPS) is 16.1. The van der Waals surface area contributed by atoms with E-state index < -0.39 is 36.2 Å². The first kappa shape index (κ1) is 21.7. The molecule has 1 unspecified atom stereocenters. The first-order chi connectivity index (χ1) is 15.4. The van der Waals surface area contributed by atoms with Gasteiger partial charge in [0.1, 0.15) is 34.9 Å². The van der Waals surface area contributed by atoms with E-state index in [1.54, 1.807) is 18.2 Å². The molecule has 1 aliphatic rings. The van der Waals surface area contributed by atoms with Gasteiger partial charge < -0.3 is 19.7 Å². The molecule has 0 radical (unpaired) electrons. The molecule has 2 aromatic carbocycles. The van der Waals surface area contributed by atoms with Crippen LogP contribution in [0.15, 0.2) is 48.7 Å². The summed E-state index contributed by atoms with van der Waals surface area (Å²) in [7, 11) is 1.46. The number of halogens is 2. The van der Waals surface area contributed by atoms with Crippen LogP contribution in [0.5, 0.6) is 11.5 Å². The summed E-state index contributed by atoms with van der Waals surface area (Å²) in [5.74, 6) is -1.37. The number of hydrogen-bond donors (Lipinski definition) is 2. The van der Waals surface area contributed by atoms with E-state index in [9.17, 15) is 18.7 Å². The molecule has 4 rings (SSSR count). The third-order valence-corrected chi connectivity index (χ3v) is 5.45. The second-order valence-corrected chi connectivity index (χ2v) is 7.56. The highest BCUT2D eigenvalue weighted by Crippen LogP contribution is 2.38. The molecular weight excluding hydrogens is 420 g/mol. The van der Waals surface area contributed by atoms with Gasteiger partial charge in [0.25, 0.3) is 0 Å². The maximum Gasteiger partial charge on any atom is 0.306 e. The fourth-order valence-electron chi connectivity index (χ4n) is 3.75. The molecule has 0 fully saturated rings. The van der Waals surface area contributed by atoms with Crippen molar-refractivity contribution in [3.05, 3.63) is 77.1 Å². The van der Waals surface area contributed by atoms with E-state index in [2.05, 4.69) is 4.98 Å². The van der Waals surface area contributed by atoms with Gasteiger partial charge in [0.2, 0.25) is 0 Å². The van der Waals surface area contributed by atoms with Gasteiger partial charge in [-0.3, -0.25) is 9.78 Å². The molecule has 6 nitrogen and oxygen atoms in total. The predicted octanol–water partition coefficient (Wildman–Crippen LogP) is 4.61. The van der Waals surface area contributed by atoms with E-state index >= 15 is 0 Å². The van der Waals surface area contributed by atoms with Crippen molar-refractivity contribution in [2.45, 2.75) is 31.5 Å². The molecule has 0 amide bonds. The van der Waals surface area contributed by atoms with Gasteiger partial charge >= 0.3 is 5.97 Å². The summed E-state index contributed by atoms with van der Waals surface area (Å²) >= 11 is 0. The topological polar surface area (TPSA) is 88.9 Å². The van der Waals surface area contributed by atoms with E-state index in [-0.39, 0.29) is 16.8 Å². The second-order valence-electron chi connectivity index (χ2n) is 7.56. The van der Waals surface area contributed by atoms with E-state index in [1.165, 1.54) is 37.6 Å². The molecule has 2 heterocycles. The van der Waals surface area contributed by atoms with Crippen molar-refractivity contribution in [3.8, 4) is 22.6 Å². The minimum atomic E-state index is -1.17. The van der Waals surface area contributed by atoms with Crippen LogP contribution in [0, 0.1) is 11.6 Å². The van der Waals surface area contributed by atoms with Crippen LogP contribution in [0.4, 0.5) is 8.78 Å². The van der Waals surface area contributed by atoms with E-state index in [4.69, 9.17) is 14.6 Å². The minimum absolute atomic E-state index is 0.0965. The third-order valence-electron chi connectivity index (χ3n) is 5.45. The SMILES string of the molecule is COc1ccc(F)c(-c2cnc(C3CCc4ccc([C@H](O)CC(=O)O)cc4O3)c(F)c2)c1. The number of rotatable bonds is 6. The van der Waals surface area contributed by atoms with Crippen LogP contribution in [-0.2, 0) is 11.2 Å². The molecule has 8 heteroatoms. The summed E-state index contributed by atoms with van der Waals surface area (Å²) in [5, 5.41) is 19.0. The zero-order valence-corrected chi connectivity index (χ0v) is 17.2. The lowest BCUT2D eigenvalue weighted by Gasteiger charge is -2.27. The Morgan fingerprint density at radius 1 is 1.22 bits per heavy atom. The molecule has 0 saturated carbocycles. The molecule has 3 aromatic rings. The minimum Gasteiger partial charge on any atom is -0.497 e. The number of benzene rings is 2. The lowest BCUT2D eigenvalue weighted by Crippen LogP contribution is -2.18. The molecule has 1 aromatic heterocycles. The number of aliphatic hydroxyl groups excluding tert-OH is 1. The lowest BCUT2D eigenvalue weighted by molar-refractivity contribution is -0.139. The number of carbonyl (C=O) groups is 1. The molecule has 32 heavy (non-hydrogen) atoms. The summed E-state index contributed by atoms with van der Waals surface area (Å²) in [6.07, 6.45) is 0.207. The number of hydrogen-bond acceptors (Lipinski definition) is 5. The van der Waals surface area contributed by atoms with Crippen LogP contribution >= 0.6 is 0 Å². The van der Waals surface area contributed by atoms with E-state index in [0.29, 0.717) is 29.9 Å². The van der Waals surface area contributed by atoms with Crippen molar-refractivity contribution < 1.29 is 33.3 Å². The Morgan fingerprint density at radius 3 is 2.75 bits per heavy atom. The molecule has 166 valence electrons. The second kappa shape index (κ2) is 8.92. The van der Waals surface area contributed by atoms with Gasteiger partial charge in [-0.25, -0.2) is 8.78 Å². The number of aromatic nitrogens is 1. The number of methoxy groups -OCH3 is 1. The number of pyridine rings is 1. The zero-order chi connectivity index (χ0) is 22.8. The van der Waals surface area contributed by atoms with Gasteiger partial charge in [-0.15, -0.1) is 0 Å². The number of aryl methyl sites for hydroxylation is 1. The fraction of sp³-hybridized carbons (Fsp3) is 0.250. The van der Waals surface area contributed by atoms with Gasteiger partial charge in [-0.1, -0.05) is 12.1 Å². The van der Waals surface area contributed by atoms with Crippen molar-refractivity contribution in [3.63, 3.8) is 0 Å². The Kier molecular flexibility index (Phi) is 6.05. The Bertz CT molecular complexity index is 1170. The van der Waals surface area contributed by atoms with Gasteiger partial charge in [-0.05, 0) is 54.3 Å². The van der Waals surface area contributed by atoms with Crippen molar-refractivity contribution in [2.75, 3.05) is 7.11 Å². The lowest BCUT2D eigenvalue weighted by atomic mass is 9.96. The number of aliphatic carboxylic acids is 1. The molecular formula is C24H21F2NO5. The highest BCUT2D eigenvalue weighted by Gasteiger charge is 2.27. The summed E-state index contributed by atoms with van der Waals surface area (Å²) in [6.45, 7) is 0. The average molecular weight is 441 g/mol. The van der Waals surface area contributed by atoms with Gasteiger partial charge in [0, 0.05) is 17.3 Å². The van der Waals surface area contributed by atoms with E-state index in [1.807, 2.05) is 0 Å². The molecule has 0 bridgehead atoms. The highest BCUT2D eigenvalue weighted by molar-refractivity contribution is 5.68. The van der Waals surface area contributed by atoms with Crippen LogP contribution in [0.2, 0.25) is 0 Å². The van der Waals surface area contributed by atoms with Crippen molar-refractivity contribution in [1.82, 2.24) is 4.98 Å². The zero-order valence-electron chi connectivity index (χ0n) is 17.2. The Hall–Kier alpha value is -3.52. The van der Waals surface area contributed by atoms with Crippen molar-refractivity contribution >= 4 is 5.97 Å². The first-order valence-electron chi connectivity index (χ1n) is 10.0. The summed E-state index contributed by atoms with van der Waals surface area (Å²) in [5.41, 5.74) is 1.83. The van der Waals surface area contributed by atoms with Crippen molar-refractivity contribution in [2.24, 2.45) is 0 Å². The fourth-order valence-corrected chi connectivity index (χ4v) is 3.75. The maximum atomic E-state index is 15.0. The van der Waals surface area contributed by atoms with Crippen LogP contribution in [0.25, 0.3) is 11.1 Å². The maximum absolute atomic E-state index is 15.0. The molecule has 2 N–H and O–H groups in total. The number of carboxylic acid groups (broad SMARTS) is 1. The molecule has 2 atom stereocenters. The number of fused-ring (bicyclic) bond motifs is 1. The van der Waals surface area contributed by atoms with E-state index in [0.717, 1.165) is 5.56 Å². The predicted molar refractivity (Wildman–Crippen MR) is 111 cm³/mol. The molecule has 0 spiro atoms. The summed E-state index contributed by atoms with van der Waals surface area (Å²) in [4.78, 5) is 15.1. The number of ether oxygens (including phenoxy) is 2. The molecule has 0 saturated heterocycles. The first-order valence-corrected chi connectivity index (χ1v) is 10.0. The smallest absolute Gasteiger partial charge is 0.306 e. The average Bonchev–Trinajstić information content (AvgIpc) is 2.78. The Labute approximate surface area is 183 Å². The van der Waals surface area contributed by atoms with Crippen LogP contribution < -0.4 is 9.47 Å². The number of carboxylic acids is 1.